The van der Waals surface area contributed by atoms with Crippen molar-refractivity contribution in [3.05, 3.63) is 71.8 Å². The number of hydrogen-bond donors (Lipinski definition) is 0. The second kappa shape index (κ2) is 8.92. The molecule has 38 heavy (non-hydrogen) atoms. The Morgan fingerprint density at radius 1 is 0.474 bits per heavy atom. The van der Waals surface area contributed by atoms with Crippen molar-refractivity contribution in [2.24, 2.45) is 0 Å². The van der Waals surface area contributed by atoms with Gasteiger partial charge in [0.25, 0.3) is 0 Å². The van der Waals surface area contributed by atoms with Crippen molar-refractivity contribution >= 4 is 23.6 Å². The van der Waals surface area contributed by atoms with Crippen LogP contribution in [-0.2, 0) is 32.3 Å². The number of hydrogen-bond acceptors (Lipinski definition) is 6. The molecule has 7 rings (SSSR count). The molecule has 10 heteroatoms. The van der Waals surface area contributed by atoms with Gasteiger partial charge in [0.2, 0.25) is 23.6 Å². The van der Waals surface area contributed by atoms with Gasteiger partial charge < -0.3 is 0 Å². The van der Waals surface area contributed by atoms with Gasteiger partial charge in [-0.2, -0.15) is 0 Å². The molecule has 0 aliphatic carbocycles. The van der Waals surface area contributed by atoms with E-state index in [0.29, 0.717) is 13.1 Å². The molecule has 4 amide bonds. The minimum atomic E-state index is -0.790. The van der Waals surface area contributed by atoms with E-state index in [1.165, 1.54) is 27.7 Å². The lowest BCUT2D eigenvalue weighted by Crippen LogP contribution is -2.74. The molecule has 3 unspecified atom stereocenters. The van der Waals surface area contributed by atoms with Gasteiger partial charge in [-0.05, 0) is 11.1 Å². The van der Waals surface area contributed by atoms with Crippen molar-refractivity contribution in [2.45, 2.75) is 77.8 Å². The van der Waals surface area contributed by atoms with E-state index < -0.39 is 37.0 Å². The quantitative estimate of drug-likeness (QED) is 0.611. The first-order valence-corrected chi connectivity index (χ1v) is 13.0. The Morgan fingerprint density at radius 3 is 0.974 bits per heavy atom. The molecule has 5 fully saturated rings. The van der Waals surface area contributed by atoms with Crippen LogP contribution in [0.4, 0.5) is 0 Å². The Kier molecular flexibility index (Phi) is 5.77. The number of nitrogens with zero attached hydrogens (tertiary/aromatic N) is 6. The number of carbonyl (C=O) groups is 4. The monoisotopic (exact) mass is 516 g/mol. The van der Waals surface area contributed by atoms with Crippen LogP contribution >= 0.6 is 0 Å². The molecule has 5 heterocycles. The van der Waals surface area contributed by atoms with Crippen molar-refractivity contribution in [1.29, 1.82) is 0 Å². The fraction of sp³-hybridized carbons (Fsp3) is 0.429. The van der Waals surface area contributed by atoms with Gasteiger partial charge in [-0.25, -0.2) is 0 Å². The maximum atomic E-state index is 13.4. The Balaban J connectivity index is 1.61. The fourth-order valence-corrected chi connectivity index (χ4v) is 7.13. The summed E-state index contributed by atoms with van der Waals surface area (Å²) in [7, 11) is 0. The molecular formula is C28H32N6O4. The van der Waals surface area contributed by atoms with Crippen LogP contribution < -0.4 is 0 Å². The minimum absolute atomic E-state index is 0.204. The average Bonchev–Trinajstić information content (AvgIpc) is 3.36. The third-order valence-electron chi connectivity index (χ3n) is 8.31. The zero-order valence-electron chi connectivity index (χ0n) is 22.0. The van der Waals surface area contributed by atoms with Gasteiger partial charge in [-0.3, -0.25) is 48.6 Å². The van der Waals surface area contributed by atoms with Crippen LogP contribution in [0.25, 0.3) is 0 Å². The third-order valence-corrected chi connectivity index (χ3v) is 8.31. The van der Waals surface area contributed by atoms with Gasteiger partial charge in [0.15, 0.2) is 0 Å². The summed E-state index contributed by atoms with van der Waals surface area (Å²) < 4.78 is 0. The van der Waals surface area contributed by atoms with E-state index >= 15 is 0 Å². The number of benzene rings is 2. The molecule has 5 aliphatic heterocycles. The summed E-state index contributed by atoms with van der Waals surface area (Å²) in [6.45, 7) is 6.89. The Morgan fingerprint density at radius 2 is 0.737 bits per heavy atom. The van der Waals surface area contributed by atoms with Crippen molar-refractivity contribution in [2.75, 3.05) is 0 Å². The molecule has 198 valence electrons. The molecule has 0 aromatic heterocycles. The predicted octanol–water partition coefficient (Wildman–Crippen LogP) is 1.40. The second-order valence-electron chi connectivity index (χ2n) is 10.5. The number of amides is 4. The van der Waals surface area contributed by atoms with Gasteiger partial charge in [-0.15, -0.1) is 0 Å². The Bertz CT molecular complexity index is 1130. The number of carbonyl (C=O) groups excluding carboxylic acids is 4. The molecule has 0 radical (unpaired) electrons. The normalized spacial score (nSPS) is 29.8. The summed E-state index contributed by atoms with van der Waals surface area (Å²) in [5.74, 6) is -0.817. The summed E-state index contributed by atoms with van der Waals surface area (Å²) in [5, 5.41) is 0. The van der Waals surface area contributed by atoms with E-state index in [2.05, 4.69) is 9.80 Å². The molecule has 0 N–H and O–H groups in total. The zero-order chi connectivity index (χ0) is 26.9. The number of piperazine rings is 1. The fourth-order valence-electron chi connectivity index (χ4n) is 7.13. The maximum absolute atomic E-state index is 13.4. The lowest BCUT2D eigenvalue weighted by Gasteiger charge is -2.54. The molecule has 0 saturated carbocycles. The molecule has 10 nitrogen and oxygen atoms in total. The highest BCUT2D eigenvalue weighted by molar-refractivity contribution is 5.83. The van der Waals surface area contributed by atoms with Crippen molar-refractivity contribution in [3.8, 4) is 0 Å². The summed E-state index contributed by atoms with van der Waals surface area (Å²) in [5.41, 5.74) is 2.04. The molecule has 2 aromatic carbocycles. The summed E-state index contributed by atoms with van der Waals surface area (Å²) in [6, 6.07) is 19.8. The van der Waals surface area contributed by atoms with Crippen LogP contribution in [-0.4, -0.2) is 90.0 Å². The topological polar surface area (TPSA) is 87.7 Å². The van der Waals surface area contributed by atoms with Crippen molar-refractivity contribution in [1.82, 2.24) is 29.4 Å². The van der Waals surface area contributed by atoms with Gasteiger partial charge in [0, 0.05) is 40.8 Å². The highest BCUT2D eigenvalue weighted by atomic mass is 16.2. The second-order valence-corrected chi connectivity index (χ2v) is 10.5. The van der Waals surface area contributed by atoms with Gasteiger partial charge in [0.1, 0.15) is 37.0 Å². The number of rotatable bonds is 4. The molecule has 0 spiro atoms. The Labute approximate surface area is 222 Å². The summed E-state index contributed by atoms with van der Waals surface area (Å²) in [4.78, 5) is 64.7. The standard InChI is InChI=1S/C28H32N6O4/c1-17(35)31-23-24-30(16-22-13-9-6-10-14-22)26-25(29(23)15-21-11-7-5-8-12-21)33(19(3)37)28(34(26)20(4)38)27(31)32(24)18(2)36/h5-14,23-28H,15-16H2,1-4H3/t23-,24+,25?,26?,27+,28?. The van der Waals surface area contributed by atoms with Crippen LogP contribution in [0.3, 0.4) is 0 Å². The lowest BCUT2D eigenvalue weighted by atomic mass is 10.0. The van der Waals surface area contributed by atoms with Crippen LogP contribution in [0.15, 0.2) is 60.7 Å². The zero-order valence-corrected chi connectivity index (χ0v) is 22.0. The molecule has 2 aromatic rings. The van der Waals surface area contributed by atoms with E-state index in [0.717, 1.165) is 11.1 Å². The highest BCUT2D eigenvalue weighted by Crippen LogP contribution is 2.52. The third kappa shape index (κ3) is 3.40. The van der Waals surface area contributed by atoms with Crippen LogP contribution in [0, 0.1) is 0 Å². The average molecular weight is 517 g/mol. The largest absolute Gasteiger partial charge is 0.299 e. The van der Waals surface area contributed by atoms with Gasteiger partial charge in [0.05, 0.1) is 0 Å². The highest BCUT2D eigenvalue weighted by Gasteiger charge is 2.74. The SMILES string of the molecule is CC(=O)N1C2[C@H]3N(C(C)=O)[C@@H]4[C@@H](N(Cc5ccccc5)C(C1N4Cc1ccccc1)N2C(C)=O)N3C(C)=O. The minimum Gasteiger partial charge on any atom is -0.299 e. The van der Waals surface area contributed by atoms with Gasteiger partial charge >= 0.3 is 0 Å². The van der Waals surface area contributed by atoms with E-state index in [1.807, 2.05) is 60.7 Å². The predicted molar refractivity (Wildman–Crippen MR) is 137 cm³/mol. The summed E-state index contributed by atoms with van der Waals surface area (Å²) >= 11 is 0. The van der Waals surface area contributed by atoms with Crippen molar-refractivity contribution in [3.63, 3.8) is 0 Å². The van der Waals surface area contributed by atoms with E-state index in [4.69, 9.17) is 0 Å². The first-order valence-electron chi connectivity index (χ1n) is 13.0. The van der Waals surface area contributed by atoms with Crippen molar-refractivity contribution < 1.29 is 19.2 Å². The van der Waals surface area contributed by atoms with E-state index in [1.54, 1.807) is 19.6 Å². The molecule has 6 atom stereocenters. The van der Waals surface area contributed by atoms with E-state index in [9.17, 15) is 19.2 Å². The molecule has 6 bridgehead atoms. The van der Waals surface area contributed by atoms with Crippen LogP contribution in [0.5, 0.6) is 0 Å². The molecule has 5 saturated heterocycles. The Hall–Kier alpha value is -3.76. The first kappa shape index (κ1) is 24.6. The van der Waals surface area contributed by atoms with Crippen LogP contribution in [0.1, 0.15) is 38.8 Å². The molecule has 5 aliphatic rings. The maximum Gasteiger partial charge on any atom is 0.222 e. The van der Waals surface area contributed by atoms with Gasteiger partial charge in [-0.1, -0.05) is 60.7 Å². The lowest BCUT2D eigenvalue weighted by molar-refractivity contribution is -0.179. The first-order chi connectivity index (χ1) is 18.2. The smallest absolute Gasteiger partial charge is 0.222 e. The summed E-state index contributed by atoms with van der Waals surface area (Å²) in [6.07, 6.45) is -3.55. The molecular weight excluding hydrogens is 484 g/mol. The van der Waals surface area contributed by atoms with Crippen LogP contribution in [0.2, 0.25) is 0 Å². The van der Waals surface area contributed by atoms with E-state index in [-0.39, 0.29) is 23.6 Å².